The Morgan fingerprint density at radius 3 is 2.80 bits per heavy atom. The van der Waals surface area contributed by atoms with Gasteiger partial charge in [0.25, 0.3) is 5.91 Å². The van der Waals surface area contributed by atoms with Crippen LogP contribution in [0.1, 0.15) is 16.8 Å². The molecular weight excluding hydrogens is 347 g/mol. The van der Waals surface area contributed by atoms with Crippen LogP contribution in [-0.4, -0.2) is 53.8 Å². The van der Waals surface area contributed by atoms with Crippen LogP contribution < -0.4 is 0 Å². The van der Waals surface area contributed by atoms with Crippen molar-refractivity contribution in [3.8, 4) is 0 Å². The van der Waals surface area contributed by atoms with Gasteiger partial charge in [0.15, 0.2) is 0 Å². The van der Waals surface area contributed by atoms with E-state index in [1.165, 1.54) is 12.1 Å². The molecule has 6 heteroatoms. The van der Waals surface area contributed by atoms with Crippen LogP contribution in [0.3, 0.4) is 0 Å². The summed E-state index contributed by atoms with van der Waals surface area (Å²) in [6, 6.07) is 4.33. The lowest BCUT2D eigenvalue weighted by Crippen LogP contribution is -2.36. The van der Waals surface area contributed by atoms with Gasteiger partial charge < -0.3 is 9.80 Å². The van der Waals surface area contributed by atoms with Gasteiger partial charge in [-0.25, -0.2) is 4.39 Å². The molecule has 1 aliphatic rings. The Morgan fingerprint density at radius 2 is 2.10 bits per heavy atom. The van der Waals surface area contributed by atoms with Crippen LogP contribution in [0.2, 0.25) is 5.02 Å². The van der Waals surface area contributed by atoms with Gasteiger partial charge in [0.05, 0.1) is 10.6 Å². The number of rotatable bonds is 3. The molecule has 0 aromatic heterocycles. The summed E-state index contributed by atoms with van der Waals surface area (Å²) in [7, 11) is 0. The van der Waals surface area contributed by atoms with Gasteiger partial charge >= 0.3 is 0 Å². The zero-order valence-corrected chi connectivity index (χ0v) is 13.5. The van der Waals surface area contributed by atoms with Crippen LogP contribution in [0.5, 0.6) is 0 Å². The zero-order chi connectivity index (χ0) is 14.5. The Balaban J connectivity index is 2.10. The van der Waals surface area contributed by atoms with Crippen molar-refractivity contribution in [1.29, 1.82) is 0 Å². The molecule has 110 valence electrons. The number of benzene rings is 1. The molecule has 0 radical (unpaired) electrons. The zero-order valence-electron chi connectivity index (χ0n) is 11.1. The highest BCUT2D eigenvalue weighted by molar-refractivity contribution is 9.09. The van der Waals surface area contributed by atoms with Crippen LogP contribution >= 0.6 is 27.5 Å². The summed E-state index contributed by atoms with van der Waals surface area (Å²) in [5.41, 5.74) is -0.0110. The van der Waals surface area contributed by atoms with Gasteiger partial charge in [-0.05, 0) is 25.1 Å². The fourth-order valence-corrected chi connectivity index (χ4v) is 3.12. The second-order valence-corrected chi connectivity index (χ2v) is 5.97. The van der Waals surface area contributed by atoms with Gasteiger partial charge in [-0.15, -0.1) is 0 Å². The molecule has 0 N–H and O–H groups in total. The monoisotopic (exact) mass is 362 g/mol. The Kier molecular flexibility index (Phi) is 5.81. The molecule has 0 atom stereocenters. The highest BCUT2D eigenvalue weighted by atomic mass is 79.9. The van der Waals surface area contributed by atoms with Crippen molar-refractivity contribution in [3.63, 3.8) is 0 Å². The molecule has 0 unspecified atom stereocenters. The summed E-state index contributed by atoms with van der Waals surface area (Å²) in [4.78, 5) is 16.4. The van der Waals surface area contributed by atoms with E-state index >= 15 is 0 Å². The van der Waals surface area contributed by atoms with Gasteiger partial charge in [-0.2, -0.15) is 0 Å². The molecule has 0 saturated carbocycles. The van der Waals surface area contributed by atoms with E-state index in [-0.39, 0.29) is 16.5 Å². The number of amides is 1. The van der Waals surface area contributed by atoms with E-state index in [9.17, 15) is 9.18 Å². The van der Waals surface area contributed by atoms with E-state index < -0.39 is 5.82 Å². The molecule has 0 aliphatic carbocycles. The summed E-state index contributed by atoms with van der Waals surface area (Å²) in [6.07, 6.45) is 0.894. The predicted octanol–water partition coefficient (Wildman–Crippen LogP) is 3.02. The van der Waals surface area contributed by atoms with Gasteiger partial charge in [0, 0.05) is 31.5 Å². The number of hydrogen-bond donors (Lipinski definition) is 0. The van der Waals surface area contributed by atoms with E-state index in [4.69, 9.17) is 11.6 Å². The molecule has 1 amide bonds. The fraction of sp³-hybridized carbons (Fsp3) is 0.500. The molecule has 1 heterocycles. The summed E-state index contributed by atoms with van der Waals surface area (Å²) < 4.78 is 13.8. The maximum Gasteiger partial charge on any atom is 0.258 e. The van der Waals surface area contributed by atoms with Gasteiger partial charge in [-0.3, -0.25) is 4.79 Å². The van der Waals surface area contributed by atoms with Crippen molar-refractivity contribution in [2.24, 2.45) is 0 Å². The first-order valence-corrected chi connectivity index (χ1v) is 8.15. The van der Waals surface area contributed by atoms with Crippen molar-refractivity contribution in [1.82, 2.24) is 9.80 Å². The predicted molar refractivity (Wildman–Crippen MR) is 82.2 cm³/mol. The SMILES string of the molecule is O=C(c1c(F)cccc1Cl)N1CCCN(CCBr)CC1. The highest BCUT2D eigenvalue weighted by Gasteiger charge is 2.24. The Morgan fingerprint density at radius 1 is 1.30 bits per heavy atom. The van der Waals surface area contributed by atoms with Gasteiger partial charge in [0.2, 0.25) is 0 Å². The first-order chi connectivity index (χ1) is 9.63. The van der Waals surface area contributed by atoms with Crippen molar-refractivity contribution in [2.75, 3.05) is 38.1 Å². The summed E-state index contributed by atoms with van der Waals surface area (Å²) >= 11 is 9.38. The maximum atomic E-state index is 13.8. The lowest BCUT2D eigenvalue weighted by Gasteiger charge is -2.22. The average molecular weight is 364 g/mol. The number of carbonyl (C=O) groups excluding carboxylic acids is 1. The lowest BCUT2D eigenvalue weighted by molar-refractivity contribution is 0.0757. The van der Waals surface area contributed by atoms with Crippen LogP contribution in [-0.2, 0) is 0 Å². The van der Waals surface area contributed by atoms with E-state index in [1.54, 1.807) is 11.0 Å². The fourth-order valence-electron chi connectivity index (χ4n) is 2.38. The third-order valence-electron chi connectivity index (χ3n) is 3.45. The smallest absolute Gasteiger partial charge is 0.258 e. The largest absolute Gasteiger partial charge is 0.337 e. The number of nitrogens with zero attached hydrogens (tertiary/aromatic N) is 2. The molecule has 1 aromatic carbocycles. The molecule has 1 saturated heterocycles. The number of alkyl halides is 1. The Hall–Kier alpha value is -0.650. The van der Waals surface area contributed by atoms with Crippen molar-refractivity contribution >= 4 is 33.4 Å². The molecule has 1 fully saturated rings. The summed E-state index contributed by atoms with van der Waals surface area (Å²) in [6.45, 7) is 3.98. The second-order valence-electron chi connectivity index (χ2n) is 4.77. The molecular formula is C14H17BrClFN2O. The maximum absolute atomic E-state index is 13.8. The first-order valence-electron chi connectivity index (χ1n) is 6.65. The van der Waals surface area contributed by atoms with Crippen molar-refractivity contribution < 1.29 is 9.18 Å². The average Bonchev–Trinajstić information content (AvgIpc) is 2.64. The van der Waals surface area contributed by atoms with Crippen molar-refractivity contribution in [2.45, 2.75) is 6.42 Å². The van der Waals surface area contributed by atoms with E-state index in [0.717, 1.165) is 31.4 Å². The van der Waals surface area contributed by atoms with E-state index in [1.807, 2.05) is 0 Å². The van der Waals surface area contributed by atoms with Gasteiger partial charge in [0.1, 0.15) is 5.82 Å². The van der Waals surface area contributed by atoms with Crippen LogP contribution in [0.4, 0.5) is 4.39 Å². The third-order valence-corrected chi connectivity index (χ3v) is 4.12. The normalized spacial score (nSPS) is 17.1. The number of hydrogen-bond acceptors (Lipinski definition) is 2. The minimum atomic E-state index is -0.552. The minimum absolute atomic E-state index is 0.0110. The Labute approximate surface area is 131 Å². The number of halogens is 3. The third kappa shape index (κ3) is 3.71. The molecule has 1 aliphatic heterocycles. The van der Waals surface area contributed by atoms with Crippen LogP contribution in [0.25, 0.3) is 0 Å². The molecule has 3 nitrogen and oxygen atoms in total. The van der Waals surface area contributed by atoms with Crippen LogP contribution in [0, 0.1) is 5.82 Å². The second kappa shape index (κ2) is 7.38. The molecule has 1 aromatic rings. The Bertz CT molecular complexity index is 466. The quantitative estimate of drug-likeness (QED) is 0.771. The minimum Gasteiger partial charge on any atom is -0.337 e. The lowest BCUT2D eigenvalue weighted by atomic mass is 10.1. The standard InChI is InChI=1S/C14H17BrClFN2O/c15-5-8-18-6-2-7-19(10-9-18)14(20)13-11(16)3-1-4-12(13)17/h1,3-4H,2,5-10H2. The highest BCUT2D eigenvalue weighted by Crippen LogP contribution is 2.21. The van der Waals surface area contributed by atoms with Gasteiger partial charge in [-0.1, -0.05) is 33.6 Å². The summed E-state index contributed by atoms with van der Waals surface area (Å²) in [5, 5.41) is 1.09. The molecule has 20 heavy (non-hydrogen) atoms. The van der Waals surface area contributed by atoms with Crippen LogP contribution in [0.15, 0.2) is 18.2 Å². The van der Waals surface area contributed by atoms with E-state index in [2.05, 4.69) is 20.8 Å². The summed E-state index contributed by atoms with van der Waals surface area (Å²) in [5.74, 6) is -0.863. The molecule has 0 spiro atoms. The molecule has 0 bridgehead atoms. The topological polar surface area (TPSA) is 23.6 Å². The van der Waals surface area contributed by atoms with Crippen molar-refractivity contribution in [3.05, 3.63) is 34.6 Å². The first kappa shape index (κ1) is 15.7. The molecule has 2 rings (SSSR count). The number of carbonyl (C=O) groups is 1. The van der Waals surface area contributed by atoms with E-state index in [0.29, 0.717) is 13.1 Å².